The maximum Gasteiger partial charge on any atom is 0.129 e. The Morgan fingerprint density at radius 1 is 0.895 bits per heavy atom. The summed E-state index contributed by atoms with van der Waals surface area (Å²) < 4.78 is 40.1. The van der Waals surface area contributed by atoms with E-state index >= 15 is 0 Å². The Kier molecular flexibility index (Phi) is 3.62. The fourth-order valence-electron chi connectivity index (χ4n) is 2.17. The van der Waals surface area contributed by atoms with E-state index in [1.807, 2.05) is 0 Å². The molecule has 2 aromatic carbocycles. The van der Waals surface area contributed by atoms with Crippen LogP contribution in [0, 0.1) is 31.3 Å². The summed E-state index contributed by atoms with van der Waals surface area (Å²) in [5.41, 5.74) is 1.28. The molecule has 0 bridgehead atoms. The van der Waals surface area contributed by atoms with E-state index in [-0.39, 0.29) is 11.1 Å². The summed E-state index contributed by atoms with van der Waals surface area (Å²) in [6, 6.07) is 5.67. The monoisotopic (exact) mass is 266 g/mol. The van der Waals surface area contributed by atoms with Crippen LogP contribution in [-0.2, 0) is 0 Å². The number of halogens is 3. The third kappa shape index (κ3) is 2.79. The maximum atomic E-state index is 13.9. The number of hydrogen-bond acceptors (Lipinski definition) is 1. The molecule has 0 aliphatic heterocycles. The molecule has 1 atom stereocenters. The van der Waals surface area contributed by atoms with Crippen LogP contribution in [0.5, 0.6) is 0 Å². The maximum absolute atomic E-state index is 13.9. The van der Waals surface area contributed by atoms with Crippen molar-refractivity contribution in [3.63, 3.8) is 0 Å². The lowest BCUT2D eigenvalue weighted by Crippen LogP contribution is -2.06. The predicted molar refractivity (Wildman–Crippen MR) is 66.3 cm³/mol. The smallest absolute Gasteiger partial charge is 0.129 e. The van der Waals surface area contributed by atoms with Gasteiger partial charge in [0.1, 0.15) is 23.6 Å². The lowest BCUT2D eigenvalue weighted by Gasteiger charge is -2.16. The summed E-state index contributed by atoms with van der Waals surface area (Å²) in [7, 11) is 0. The highest BCUT2D eigenvalue weighted by Gasteiger charge is 2.19. The van der Waals surface area contributed by atoms with Gasteiger partial charge in [0.25, 0.3) is 0 Å². The third-order valence-corrected chi connectivity index (χ3v) is 2.95. The van der Waals surface area contributed by atoms with Crippen LogP contribution in [0.4, 0.5) is 13.2 Å². The van der Waals surface area contributed by atoms with Crippen LogP contribution in [0.25, 0.3) is 0 Å². The minimum atomic E-state index is -1.40. The van der Waals surface area contributed by atoms with E-state index in [1.165, 1.54) is 6.07 Å². The fraction of sp³-hybridized carbons (Fsp3) is 0.200. The first-order valence-electron chi connectivity index (χ1n) is 5.79. The van der Waals surface area contributed by atoms with Gasteiger partial charge in [0.05, 0.1) is 0 Å². The van der Waals surface area contributed by atoms with Crippen LogP contribution in [-0.4, -0.2) is 5.11 Å². The van der Waals surface area contributed by atoms with Gasteiger partial charge in [-0.1, -0.05) is 6.07 Å². The van der Waals surface area contributed by atoms with Crippen LogP contribution < -0.4 is 0 Å². The zero-order valence-electron chi connectivity index (χ0n) is 10.5. The summed E-state index contributed by atoms with van der Waals surface area (Å²) in [6.45, 7) is 3.37. The molecule has 1 nitrogen and oxygen atoms in total. The SMILES string of the molecule is Cc1cc(C)c(C(O)c2cc(F)cc(F)c2)c(F)c1. The molecule has 100 valence electrons. The molecule has 2 rings (SSSR count). The summed E-state index contributed by atoms with van der Waals surface area (Å²) in [4.78, 5) is 0. The van der Waals surface area contributed by atoms with Crippen molar-refractivity contribution in [2.75, 3.05) is 0 Å². The molecule has 2 aromatic rings. The Hall–Kier alpha value is -1.81. The Labute approximate surface area is 109 Å². The summed E-state index contributed by atoms with van der Waals surface area (Å²) in [6.07, 6.45) is -1.40. The van der Waals surface area contributed by atoms with Gasteiger partial charge < -0.3 is 5.11 Å². The normalized spacial score (nSPS) is 12.5. The van der Waals surface area contributed by atoms with Crippen molar-refractivity contribution < 1.29 is 18.3 Å². The molecule has 0 aliphatic carbocycles. The van der Waals surface area contributed by atoms with E-state index in [2.05, 4.69) is 0 Å². The molecule has 19 heavy (non-hydrogen) atoms. The van der Waals surface area contributed by atoms with Crippen molar-refractivity contribution in [2.45, 2.75) is 20.0 Å². The average molecular weight is 266 g/mol. The topological polar surface area (TPSA) is 20.2 Å². The lowest BCUT2D eigenvalue weighted by atomic mass is 9.95. The number of aliphatic hydroxyl groups excluding tert-OH is 1. The highest BCUT2D eigenvalue weighted by molar-refractivity contribution is 5.38. The first-order valence-corrected chi connectivity index (χ1v) is 5.79. The number of benzene rings is 2. The molecular formula is C15H13F3O. The summed E-state index contributed by atoms with van der Waals surface area (Å²) in [5, 5.41) is 10.1. The highest BCUT2D eigenvalue weighted by atomic mass is 19.1. The molecule has 0 radical (unpaired) electrons. The van der Waals surface area contributed by atoms with E-state index in [0.717, 1.165) is 17.7 Å². The van der Waals surface area contributed by atoms with Gasteiger partial charge in [-0.15, -0.1) is 0 Å². The molecule has 0 aromatic heterocycles. The summed E-state index contributed by atoms with van der Waals surface area (Å²) >= 11 is 0. The molecule has 0 fully saturated rings. The van der Waals surface area contributed by atoms with E-state index < -0.39 is 23.6 Å². The van der Waals surface area contributed by atoms with Crippen LogP contribution in [0.1, 0.15) is 28.4 Å². The molecule has 0 spiro atoms. The molecule has 0 aliphatic rings. The quantitative estimate of drug-likeness (QED) is 0.876. The first-order chi connectivity index (χ1) is 8.88. The van der Waals surface area contributed by atoms with Crippen LogP contribution in [0.2, 0.25) is 0 Å². The zero-order chi connectivity index (χ0) is 14.2. The van der Waals surface area contributed by atoms with Gasteiger partial charge in [-0.25, -0.2) is 13.2 Å². The Balaban J connectivity index is 2.52. The Bertz CT molecular complexity index is 580. The van der Waals surface area contributed by atoms with E-state index in [9.17, 15) is 18.3 Å². The number of aliphatic hydroxyl groups is 1. The van der Waals surface area contributed by atoms with Gasteiger partial charge in [-0.05, 0) is 48.7 Å². The zero-order valence-corrected chi connectivity index (χ0v) is 10.5. The fourth-order valence-corrected chi connectivity index (χ4v) is 2.17. The lowest BCUT2D eigenvalue weighted by molar-refractivity contribution is 0.213. The number of aryl methyl sites for hydroxylation is 2. The minimum absolute atomic E-state index is 0.0108. The molecule has 0 amide bonds. The van der Waals surface area contributed by atoms with Crippen molar-refractivity contribution in [3.8, 4) is 0 Å². The minimum Gasteiger partial charge on any atom is -0.384 e. The van der Waals surface area contributed by atoms with E-state index in [0.29, 0.717) is 11.6 Å². The van der Waals surface area contributed by atoms with Gasteiger partial charge in [0.15, 0.2) is 0 Å². The van der Waals surface area contributed by atoms with Gasteiger partial charge in [-0.3, -0.25) is 0 Å². The van der Waals surface area contributed by atoms with Crippen LogP contribution in [0.3, 0.4) is 0 Å². The van der Waals surface area contributed by atoms with Crippen molar-refractivity contribution in [2.24, 2.45) is 0 Å². The molecule has 0 saturated carbocycles. The van der Waals surface area contributed by atoms with Crippen LogP contribution in [0.15, 0.2) is 30.3 Å². The van der Waals surface area contributed by atoms with E-state index in [4.69, 9.17) is 0 Å². The molecule has 0 heterocycles. The van der Waals surface area contributed by atoms with Gasteiger partial charge >= 0.3 is 0 Å². The first kappa shape index (κ1) is 13.6. The van der Waals surface area contributed by atoms with Crippen LogP contribution >= 0.6 is 0 Å². The van der Waals surface area contributed by atoms with Gasteiger partial charge in [0.2, 0.25) is 0 Å². The second kappa shape index (κ2) is 5.05. The molecular weight excluding hydrogens is 253 g/mol. The molecule has 1 N–H and O–H groups in total. The summed E-state index contributed by atoms with van der Waals surface area (Å²) in [5.74, 6) is -2.20. The standard InChI is InChI=1S/C15H13F3O/c1-8-3-9(2)14(13(18)4-8)15(19)10-5-11(16)7-12(17)6-10/h3-7,15,19H,1-2H3. The average Bonchev–Trinajstić information content (AvgIpc) is 2.25. The number of rotatable bonds is 2. The molecule has 4 heteroatoms. The van der Waals surface area contributed by atoms with E-state index in [1.54, 1.807) is 19.9 Å². The van der Waals surface area contributed by atoms with Crippen molar-refractivity contribution in [1.82, 2.24) is 0 Å². The van der Waals surface area contributed by atoms with Gasteiger partial charge in [0, 0.05) is 11.6 Å². The largest absolute Gasteiger partial charge is 0.384 e. The second-order valence-electron chi connectivity index (χ2n) is 4.58. The number of hydrogen-bond donors (Lipinski definition) is 1. The van der Waals surface area contributed by atoms with Crippen molar-refractivity contribution >= 4 is 0 Å². The molecule has 0 saturated heterocycles. The second-order valence-corrected chi connectivity index (χ2v) is 4.58. The Morgan fingerprint density at radius 3 is 2.00 bits per heavy atom. The van der Waals surface area contributed by atoms with Gasteiger partial charge in [-0.2, -0.15) is 0 Å². The highest BCUT2D eigenvalue weighted by Crippen LogP contribution is 2.29. The van der Waals surface area contributed by atoms with Crippen molar-refractivity contribution in [3.05, 3.63) is 70.0 Å². The third-order valence-electron chi connectivity index (χ3n) is 2.95. The Morgan fingerprint density at radius 2 is 1.47 bits per heavy atom. The molecule has 1 unspecified atom stereocenters. The predicted octanol–water partition coefficient (Wildman–Crippen LogP) is 3.80. The van der Waals surface area contributed by atoms with Crippen molar-refractivity contribution in [1.29, 1.82) is 0 Å².